The third-order valence-electron chi connectivity index (χ3n) is 3.93. The van der Waals surface area contributed by atoms with Crippen LogP contribution in [-0.2, 0) is 10.0 Å². The van der Waals surface area contributed by atoms with E-state index in [2.05, 4.69) is 26.0 Å². The smallest absolute Gasteiger partial charge is 0.261 e. The molecule has 0 spiro atoms. The molecule has 0 unspecified atom stereocenters. The lowest BCUT2D eigenvalue weighted by atomic mass is 10.2. The Morgan fingerprint density at radius 3 is 2.28 bits per heavy atom. The molecule has 2 N–H and O–H groups in total. The van der Waals surface area contributed by atoms with Crippen LogP contribution in [0.2, 0.25) is 5.02 Å². The Balaban J connectivity index is 1.88. The topological polar surface area (TPSA) is 84.5 Å². The van der Waals surface area contributed by atoms with Crippen molar-refractivity contribution in [1.82, 2.24) is 0 Å². The van der Waals surface area contributed by atoms with Crippen LogP contribution < -0.4 is 14.8 Å². The van der Waals surface area contributed by atoms with Gasteiger partial charge in [-0.15, -0.1) is 0 Å². The van der Waals surface area contributed by atoms with Crippen LogP contribution in [-0.4, -0.2) is 21.4 Å². The quantitative estimate of drug-likeness (QED) is 0.494. The molecular formula is C20H16BrClN2O4S. The lowest BCUT2D eigenvalue weighted by Crippen LogP contribution is -2.15. The Bertz CT molecular complexity index is 1130. The molecule has 0 bridgehead atoms. The van der Waals surface area contributed by atoms with Gasteiger partial charge in [0.2, 0.25) is 0 Å². The van der Waals surface area contributed by atoms with E-state index in [0.29, 0.717) is 22.0 Å². The minimum Gasteiger partial charge on any atom is -0.495 e. The van der Waals surface area contributed by atoms with Crippen molar-refractivity contribution in [2.45, 2.75) is 4.90 Å². The van der Waals surface area contributed by atoms with Gasteiger partial charge in [0.1, 0.15) is 5.75 Å². The molecule has 0 heterocycles. The molecule has 0 aliphatic rings. The van der Waals surface area contributed by atoms with Gasteiger partial charge < -0.3 is 10.1 Å². The third kappa shape index (κ3) is 5.29. The summed E-state index contributed by atoms with van der Waals surface area (Å²) in [5.74, 6) is -0.0923. The van der Waals surface area contributed by atoms with Gasteiger partial charge in [0.25, 0.3) is 15.9 Å². The van der Waals surface area contributed by atoms with E-state index in [4.69, 9.17) is 16.3 Å². The molecule has 1 amide bonds. The van der Waals surface area contributed by atoms with Crippen LogP contribution in [0.1, 0.15) is 10.4 Å². The minimum atomic E-state index is -3.87. The SMILES string of the molecule is COc1ccc(S(=O)(=O)Nc2ccc(Br)cc2)cc1NC(=O)c1ccc(Cl)cc1. The largest absolute Gasteiger partial charge is 0.495 e. The van der Waals surface area contributed by atoms with Crippen LogP contribution in [0.4, 0.5) is 11.4 Å². The molecule has 0 aliphatic carbocycles. The first-order chi connectivity index (χ1) is 13.8. The van der Waals surface area contributed by atoms with Gasteiger partial charge in [-0.3, -0.25) is 9.52 Å². The Morgan fingerprint density at radius 2 is 1.66 bits per heavy atom. The standard InChI is InChI=1S/C20H16BrClN2O4S/c1-28-19-11-10-17(29(26,27)24-16-8-4-14(21)5-9-16)12-18(19)23-20(25)13-2-6-15(22)7-3-13/h2-12,24H,1H3,(H,23,25). The molecule has 150 valence electrons. The fourth-order valence-electron chi connectivity index (χ4n) is 2.48. The maximum atomic E-state index is 12.7. The number of methoxy groups -OCH3 is 1. The maximum absolute atomic E-state index is 12.7. The van der Waals surface area contributed by atoms with Gasteiger partial charge in [-0.25, -0.2) is 8.42 Å². The first-order valence-electron chi connectivity index (χ1n) is 8.32. The summed E-state index contributed by atoms with van der Waals surface area (Å²) in [5, 5.41) is 3.18. The molecule has 0 aromatic heterocycles. The molecule has 0 fully saturated rings. The summed E-state index contributed by atoms with van der Waals surface area (Å²) >= 11 is 9.15. The van der Waals surface area contributed by atoms with Crippen LogP contribution >= 0.6 is 27.5 Å². The average molecular weight is 496 g/mol. The molecule has 0 saturated carbocycles. The zero-order valence-electron chi connectivity index (χ0n) is 15.1. The molecule has 3 rings (SSSR count). The second-order valence-electron chi connectivity index (χ2n) is 5.94. The highest BCUT2D eigenvalue weighted by atomic mass is 79.9. The highest BCUT2D eigenvalue weighted by Crippen LogP contribution is 2.29. The highest BCUT2D eigenvalue weighted by Gasteiger charge is 2.18. The number of benzene rings is 3. The molecule has 0 saturated heterocycles. The molecule has 0 atom stereocenters. The predicted octanol–water partition coefficient (Wildman–Crippen LogP) is 5.16. The third-order valence-corrected chi connectivity index (χ3v) is 6.09. The van der Waals surface area contributed by atoms with E-state index in [0.717, 1.165) is 4.47 Å². The zero-order chi connectivity index (χ0) is 21.0. The van der Waals surface area contributed by atoms with Gasteiger partial charge in [-0.2, -0.15) is 0 Å². The number of halogens is 2. The van der Waals surface area contributed by atoms with Crippen molar-refractivity contribution in [2.75, 3.05) is 17.1 Å². The van der Waals surface area contributed by atoms with E-state index in [-0.39, 0.29) is 10.6 Å². The second kappa shape index (κ2) is 8.86. The van der Waals surface area contributed by atoms with Crippen LogP contribution in [0.15, 0.2) is 76.1 Å². The molecule has 0 aliphatic heterocycles. The van der Waals surface area contributed by atoms with E-state index in [1.807, 2.05) is 0 Å². The fraction of sp³-hybridized carbons (Fsp3) is 0.0500. The summed E-state index contributed by atoms with van der Waals surface area (Å²) < 4.78 is 34.1. The highest BCUT2D eigenvalue weighted by molar-refractivity contribution is 9.10. The van der Waals surface area contributed by atoms with Crippen molar-refractivity contribution in [2.24, 2.45) is 0 Å². The van der Waals surface area contributed by atoms with Crippen molar-refractivity contribution in [3.8, 4) is 5.75 Å². The van der Waals surface area contributed by atoms with Gasteiger partial charge in [-0.1, -0.05) is 27.5 Å². The molecule has 9 heteroatoms. The van der Waals surface area contributed by atoms with Crippen molar-refractivity contribution in [3.63, 3.8) is 0 Å². The van der Waals surface area contributed by atoms with Gasteiger partial charge in [0.05, 0.1) is 17.7 Å². The summed E-state index contributed by atoms with van der Waals surface area (Å²) in [7, 11) is -2.44. The number of carbonyl (C=O) groups is 1. The van der Waals surface area contributed by atoms with E-state index >= 15 is 0 Å². The van der Waals surface area contributed by atoms with E-state index in [1.165, 1.54) is 25.3 Å². The monoisotopic (exact) mass is 494 g/mol. The normalized spacial score (nSPS) is 11.0. The average Bonchev–Trinajstić information content (AvgIpc) is 2.70. The van der Waals surface area contributed by atoms with Gasteiger partial charge in [0, 0.05) is 20.7 Å². The van der Waals surface area contributed by atoms with Gasteiger partial charge >= 0.3 is 0 Å². The molecule has 3 aromatic rings. The lowest BCUT2D eigenvalue weighted by molar-refractivity contribution is 0.102. The summed E-state index contributed by atoms with van der Waals surface area (Å²) in [5.41, 5.74) is 1.01. The van der Waals surface area contributed by atoms with Crippen molar-refractivity contribution >= 4 is 54.8 Å². The van der Waals surface area contributed by atoms with Crippen molar-refractivity contribution in [1.29, 1.82) is 0 Å². The first-order valence-corrected chi connectivity index (χ1v) is 11.0. The molecule has 3 aromatic carbocycles. The number of ether oxygens (including phenoxy) is 1. The van der Waals surface area contributed by atoms with Crippen LogP contribution in [0.3, 0.4) is 0 Å². The maximum Gasteiger partial charge on any atom is 0.261 e. The number of amides is 1. The van der Waals surface area contributed by atoms with Gasteiger partial charge in [-0.05, 0) is 66.7 Å². The zero-order valence-corrected chi connectivity index (χ0v) is 18.3. The predicted molar refractivity (Wildman–Crippen MR) is 117 cm³/mol. The van der Waals surface area contributed by atoms with Crippen LogP contribution in [0, 0.1) is 0 Å². The number of hydrogen-bond donors (Lipinski definition) is 2. The number of hydrogen-bond acceptors (Lipinski definition) is 4. The molecule has 6 nitrogen and oxygen atoms in total. The Hall–Kier alpha value is -2.55. The second-order valence-corrected chi connectivity index (χ2v) is 8.97. The summed E-state index contributed by atoms with van der Waals surface area (Å²) in [6.07, 6.45) is 0. The van der Waals surface area contributed by atoms with Crippen LogP contribution in [0.25, 0.3) is 0 Å². The number of nitrogens with one attached hydrogen (secondary N) is 2. The number of sulfonamides is 1. The minimum absolute atomic E-state index is 0.0207. The number of rotatable bonds is 6. The molecular weight excluding hydrogens is 480 g/mol. The fourth-order valence-corrected chi connectivity index (χ4v) is 3.95. The lowest BCUT2D eigenvalue weighted by Gasteiger charge is -2.13. The number of carbonyl (C=O) groups excluding carboxylic acids is 1. The molecule has 29 heavy (non-hydrogen) atoms. The van der Waals surface area contributed by atoms with Crippen molar-refractivity contribution in [3.05, 3.63) is 81.8 Å². The summed E-state index contributed by atoms with van der Waals surface area (Å²) in [6, 6.07) is 17.3. The summed E-state index contributed by atoms with van der Waals surface area (Å²) in [4.78, 5) is 12.5. The van der Waals surface area contributed by atoms with Gasteiger partial charge in [0.15, 0.2) is 0 Å². The Morgan fingerprint density at radius 1 is 1.00 bits per heavy atom. The Labute approximate surface area is 182 Å². The van der Waals surface area contributed by atoms with Crippen LogP contribution in [0.5, 0.6) is 5.75 Å². The Kier molecular flexibility index (Phi) is 6.46. The molecule has 0 radical (unpaired) electrons. The van der Waals surface area contributed by atoms with E-state index in [1.54, 1.807) is 48.5 Å². The van der Waals surface area contributed by atoms with E-state index < -0.39 is 15.9 Å². The first kappa shape index (κ1) is 21.2. The number of anilines is 2. The summed E-state index contributed by atoms with van der Waals surface area (Å²) in [6.45, 7) is 0. The van der Waals surface area contributed by atoms with Crippen molar-refractivity contribution < 1.29 is 17.9 Å². The van der Waals surface area contributed by atoms with E-state index in [9.17, 15) is 13.2 Å².